The first-order valence-electron chi connectivity index (χ1n) is 45.3. The van der Waals surface area contributed by atoms with E-state index in [0.29, 0.717) is 11.1 Å². The molecule has 0 saturated heterocycles. The monoisotopic (exact) mass is 2440 g/mol. The van der Waals surface area contributed by atoms with Gasteiger partial charge < -0.3 is 39.9 Å². The number of benzene rings is 12. The van der Waals surface area contributed by atoms with Gasteiger partial charge in [-0.25, -0.2) is 0 Å². The van der Waals surface area contributed by atoms with E-state index >= 15 is 0 Å². The van der Waals surface area contributed by atoms with Crippen molar-refractivity contribution in [1.29, 1.82) is 0 Å². The van der Waals surface area contributed by atoms with Gasteiger partial charge in [0.2, 0.25) is 0 Å². The summed E-state index contributed by atoms with van der Waals surface area (Å²) in [7, 11) is 0. The Bertz CT molecular complexity index is 6590. The van der Waals surface area contributed by atoms with Gasteiger partial charge in [-0.15, -0.1) is 287 Å². The van der Waals surface area contributed by atoms with Crippen molar-refractivity contribution in [2.45, 2.75) is 62.2 Å². The number of rotatable bonds is 12. The van der Waals surface area contributed by atoms with Gasteiger partial charge in [0.15, 0.2) is 0 Å². The minimum Gasteiger partial charge on any atom is -0.305 e. The van der Waals surface area contributed by atoms with Gasteiger partial charge in [0.05, 0.1) is 0 Å². The molecule has 12 heteroatoms. The molecule has 0 aliphatic carbocycles. The summed E-state index contributed by atoms with van der Waals surface area (Å²) in [5.74, 6) is 0. The molecule has 0 saturated carbocycles. The summed E-state index contributed by atoms with van der Waals surface area (Å²) < 4.78 is 44.2. The first kappa shape index (κ1) is 94.1. The van der Waals surface area contributed by atoms with E-state index in [-0.39, 0.29) is 80.4 Å². The van der Waals surface area contributed by atoms with Crippen LogP contribution < -0.4 is 0 Å². The average Bonchev–Trinajstić information content (AvgIpc) is 0.823. The Kier molecular flexibility index (Phi) is 38.9. The van der Waals surface area contributed by atoms with Crippen molar-refractivity contribution >= 4 is 0 Å². The number of aromatic nitrogens is 8. The van der Waals surface area contributed by atoms with Gasteiger partial charge in [-0.05, 0) is 199 Å². The quantitative estimate of drug-likeness (QED) is 0.111. The molecule has 0 atom stereocenters. The molecule has 0 fully saturated rings. The second-order valence-electron chi connectivity index (χ2n) is 30.0. The van der Waals surface area contributed by atoms with Crippen LogP contribution >= 0.6 is 0 Å². The normalized spacial score (nSPS) is 10.8. The average molecular weight is 2440 g/mol. The summed E-state index contributed by atoms with van der Waals surface area (Å²) in [6.07, 6.45) is 12.2. The summed E-state index contributed by atoms with van der Waals surface area (Å²) >= 11 is 0. The molecule has 4 radical (unpaired) electrons. The van der Waals surface area contributed by atoms with E-state index in [0.717, 1.165) is 107 Å². The predicted molar refractivity (Wildman–Crippen MR) is 532 cm³/mol. The first-order valence-corrected chi connectivity index (χ1v) is 42.3. The van der Waals surface area contributed by atoms with Gasteiger partial charge in [0, 0.05) is 138 Å². The van der Waals surface area contributed by atoms with Crippen LogP contribution in [0.5, 0.6) is 0 Å². The number of pyridine rings is 8. The van der Waals surface area contributed by atoms with Gasteiger partial charge in [-0.2, -0.15) is 0 Å². The van der Waals surface area contributed by atoms with Crippen LogP contribution in [-0.4, -0.2) is 39.9 Å². The third-order valence-corrected chi connectivity index (χ3v) is 20.4. The molecule has 0 aliphatic heterocycles. The third-order valence-electron chi connectivity index (χ3n) is 20.4. The number of nitrogens with zero attached hydrogens (tertiary/aromatic N) is 8. The van der Waals surface area contributed by atoms with Crippen LogP contribution in [0.2, 0.25) is 0 Å². The summed E-state index contributed by atoms with van der Waals surface area (Å²) in [5, 5.41) is 0. The van der Waals surface area contributed by atoms with E-state index in [1.807, 2.05) is 311 Å². The zero-order valence-corrected chi connectivity index (χ0v) is 84.0. The number of hydrogen-bond donors (Lipinski definition) is 0. The summed E-state index contributed by atoms with van der Waals surface area (Å²) in [6, 6.07) is 154. The van der Waals surface area contributed by atoms with Crippen LogP contribution in [-0.2, 0) is 80.4 Å². The van der Waals surface area contributed by atoms with Crippen molar-refractivity contribution in [3.8, 4) is 135 Å². The first-order chi connectivity index (χ1) is 65.6. The maximum absolute atomic E-state index is 7.37. The fourth-order valence-electron chi connectivity index (χ4n) is 13.1. The van der Waals surface area contributed by atoms with E-state index < -0.39 is 13.7 Å². The van der Waals surface area contributed by atoms with E-state index in [1.165, 1.54) is 79.2 Å². The molecule has 666 valence electrons. The van der Waals surface area contributed by atoms with E-state index in [1.54, 1.807) is 26.0 Å². The van der Waals surface area contributed by atoms with Crippen molar-refractivity contribution < 1.29 is 88.6 Å². The Balaban J connectivity index is 0.000000177. The van der Waals surface area contributed by atoms with Crippen LogP contribution in [0, 0.1) is 111 Å². The maximum Gasteiger partial charge on any atom is 0.0280 e. The Morgan fingerprint density at radius 1 is 0.188 bits per heavy atom. The zero-order chi connectivity index (χ0) is 94.6. The van der Waals surface area contributed by atoms with E-state index in [2.05, 4.69) is 219 Å². The molecule has 133 heavy (non-hydrogen) atoms. The summed E-state index contributed by atoms with van der Waals surface area (Å²) in [4.78, 5) is 34.8. The van der Waals surface area contributed by atoms with Crippen LogP contribution in [0.3, 0.4) is 0 Å². The van der Waals surface area contributed by atoms with Crippen molar-refractivity contribution in [2.75, 3.05) is 0 Å². The number of hydrogen-bond acceptors (Lipinski definition) is 8. The van der Waals surface area contributed by atoms with Crippen molar-refractivity contribution in [2.24, 2.45) is 0 Å². The molecule has 20 aromatic rings. The molecule has 0 amide bonds. The Morgan fingerprint density at radius 3 is 0.654 bits per heavy atom. The molecule has 0 N–H and O–H groups in total. The smallest absolute Gasteiger partial charge is 0.0280 e. The van der Waals surface area contributed by atoms with Gasteiger partial charge in [0.25, 0.3) is 0 Å². The summed E-state index contributed by atoms with van der Waals surface area (Å²) in [5.41, 5.74) is 32.9. The standard InChI is InChI=1S/2C18H14N.2C17H12N.3C13H12N.C12H10N.4Ir/c2*1-14-7-9-15(10-8-14)17-11-12-19-18(13-17)16-5-3-2-4-6-16;2*1-3-7-14(8-4-1)16-11-12-18-17(13-16)15-9-5-2-6-10-15;3*1-10-8-13(14-9-11(10)2)12-6-4-3-5-7-12;1-10-6-5-9-12(13-10)11-7-3-2-4-8-11;;;;/h2*2-5,7-13H,1H3;2*1-9,11-13H;3*3-6,8-9H,1-2H3;2-7,9H,1H3;;;;/q8*-1;;;;/i;;;;2*2D3;;;;;;. The molecule has 0 bridgehead atoms. The van der Waals surface area contributed by atoms with Crippen molar-refractivity contribution in [3.63, 3.8) is 0 Å². The van der Waals surface area contributed by atoms with Gasteiger partial charge in [-0.3, -0.25) is 0 Å². The van der Waals surface area contributed by atoms with Crippen molar-refractivity contribution in [1.82, 2.24) is 39.9 Å². The molecule has 0 spiro atoms. The SMILES string of the molecule is Cc1ccc(-c2ccnc(-c3[c-]cccc3)c2)cc1.Cc1ccc(-c2ccnc(-c3[c-]cccc3)c2)cc1.Cc1cccc(-c2[c-]cccc2)n1.Cc1cnc(-c2[c-]cccc2)cc1C.[2H]C([2H])([2H])c1cnc(-c2[c-]cccc2)cc1C.[2H]C([2H])([2H])c1cnc(-c2[c-]cccc2)cc1C.[Ir].[Ir].[Ir].[Ir].[c-]1ccccc1-c1cc(-c2ccccc2)ccn1.[c-]1ccccc1-c1cc(-c2ccccc2)ccn1. The molecular weight excluding hydrogens is 2330 g/mol. The molecule has 8 heterocycles. The van der Waals surface area contributed by atoms with Gasteiger partial charge >= 0.3 is 0 Å². The Morgan fingerprint density at radius 2 is 0.421 bits per heavy atom. The largest absolute Gasteiger partial charge is 0.305 e. The van der Waals surface area contributed by atoms with E-state index in [4.69, 9.17) is 8.22 Å². The number of aryl methyl sites for hydroxylation is 9. The molecule has 12 aromatic carbocycles. The minimum absolute atomic E-state index is 0. The fourth-order valence-corrected chi connectivity index (χ4v) is 13.1. The van der Waals surface area contributed by atoms with Gasteiger partial charge in [-0.1, -0.05) is 192 Å². The fraction of sp³-hybridized carbons (Fsp3) is 0.0744. The topological polar surface area (TPSA) is 103 Å². The van der Waals surface area contributed by atoms with Crippen LogP contribution in [0.25, 0.3) is 135 Å². The van der Waals surface area contributed by atoms with Crippen molar-refractivity contribution in [3.05, 3.63) is 530 Å². The molecule has 0 aliphatic rings. The molecule has 8 nitrogen and oxygen atoms in total. The molecular formula is C121H98Ir4N8-8. The summed E-state index contributed by atoms with van der Waals surface area (Å²) in [6.45, 7) is 9.73. The van der Waals surface area contributed by atoms with Gasteiger partial charge in [0.1, 0.15) is 0 Å². The maximum atomic E-state index is 7.37. The second-order valence-corrected chi connectivity index (χ2v) is 30.0. The molecule has 0 unspecified atom stereocenters. The minimum atomic E-state index is -2.10. The van der Waals surface area contributed by atoms with Crippen LogP contribution in [0.1, 0.15) is 58.4 Å². The predicted octanol–water partition coefficient (Wildman–Crippen LogP) is 29.8. The van der Waals surface area contributed by atoms with E-state index in [9.17, 15) is 0 Å². The molecule has 8 aromatic heterocycles. The van der Waals surface area contributed by atoms with Crippen LogP contribution in [0.15, 0.2) is 432 Å². The van der Waals surface area contributed by atoms with Crippen LogP contribution in [0.4, 0.5) is 0 Å². The second kappa shape index (κ2) is 54.9. The Hall–Kier alpha value is -13.6. The zero-order valence-electron chi connectivity index (χ0n) is 80.4. The third kappa shape index (κ3) is 32.2. The molecule has 20 rings (SSSR count). The Labute approximate surface area is 848 Å².